The normalized spacial score (nSPS) is 11.7. The molecule has 0 amide bonds. The molecule has 0 aliphatic heterocycles. The molecule has 16 heavy (non-hydrogen) atoms. The number of halogens is 1. The average molecular weight is 323 g/mol. The minimum atomic E-state index is -3.52. The van der Waals surface area contributed by atoms with Crippen LogP contribution in [0.25, 0.3) is 0 Å². The van der Waals surface area contributed by atoms with Gasteiger partial charge in [0, 0.05) is 11.5 Å². The van der Waals surface area contributed by atoms with Crippen molar-refractivity contribution in [3.63, 3.8) is 0 Å². The molecule has 0 saturated heterocycles. The Hall–Kier alpha value is -0.500. The van der Waals surface area contributed by atoms with Crippen molar-refractivity contribution in [2.45, 2.75) is 4.90 Å². The van der Waals surface area contributed by atoms with Gasteiger partial charge in [-0.1, -0.05) is 34.2 Å². The molecule has 0 aliphatic carbocycles. The van der Waals surface area contributed by atoms with E-state index in [1.165, 1.54) is 19.2 Å². The Kier molecular flexibility index (Phi) is 4.43. The summed E-state index contributed by atoms with van der Waals surface area (Å²) in [5.41, 5.74) is 5.31. The van der Waals surface area contributed by atoms with Gasteiger partial charge >= 0.3 is 0 Å². The summed E-state index contributed by atoms with van der Waals surface area (Å²) >= 11 is 7.90. The number of benzene rings is 1. The van der Waals surface area contributed by atoms with Gasteiger partial charge < -0.3 is 5.73 Å². The van der Waals surface area contributed by atoms with Crippen LogP contribution in [-0.2, 0) is 10.0 Å². The molecule has 7 heteroatoms. The minimum absolute atomic E-state index is 0.0319. The molecule has 0 radical (unpaired) electrons. The van der Waals surface area contributed by atoms with Gasteiger partial charge in [0.1, 0.15) is 0 Å². The second-order valence-electron chi connectivity index (χ2n) is 3.18. The lowest BCUT2D eigenvalue weighted by Gasteiger charge is -2.16. The molecule has 1 aromatic rings. The molecule has 4 nitrogen and oxygen atoms in total. The van der Waals surface area contributed by atoms with Crippen LogP contribution < -0.4 is 5.73 Å². The second kappa shape index (κ2) is 5.22. The van der Waals surface area contributed by atoms with Gasteiger partial charge in [-0.3, -0.25) is 0 Å². The highest BCUT2D eigenvalue weighted by Gasteiger charge is 2.20. The zero-order valence-electron chi connectivity index (χ0n) is 8.55. The van der Waals surface area contributed by atoms with Crippen molar-refractivity contribution in [1.29, 1.82) is 0 Å². The third kappa shape index (κ3) is 3.24. The molecule has 0 unspecified atom stereocenters. The van der Waals surface area contributed by atoms with E-state index in [-0.39, 0.29) is 16.4 Å². The Bertz CT molecular complexity index is 502. The number of nitrogens with zero attached hydrogens (tertiary/aromatic N) is 1. The number of hydrogen-bond donors (Lipinski definition) is 1. The Labute approximate surface area is 109 Å². The first-order chi connectivity index (χ1) is 7.34. The van der Waals surface area contributed by atoms with Crippen LogP contribution in [0.15, 0.2) is 33.6 Å². The first-order valence-electron chi connectivity index (χ1n) is 4.34. The Morgan fingerprint density at radius 1 is 1.56 bits per heavy atom. The van der Waals surface area contributed by atoms with Gasteiger partial charge in [0.2, 0.25) is 10.0 Å². The molecule has 0 atom stereocenters. The average Bonchev–Trinajstić information content (AvgIpc) is 2.16. The van der Waals surface area contributed by atoms with E-state index in [0.29, 0.717) is 4.47 Å². The Balaban J connectivity index is 3.07. The number of likely N-dealkylation sites (N-methyl/N-ethyl adjacent to an activating group) is 1. The number of thiocarbonyl (C=S) groups is 1. The van der Waals surface area contributed by atoms with Gasteiger partial charge in [0.05, 0.1) is 16.4 Å². The van der Waals surface area contributed by atoms with Gasteiger partial charge in [-0.05, 0) is 18.2 Å². The van der Waals surface area contributed by atoms with Crippen LogP contribution >= 0.6 is 28.1 Å². The van der Waals surface area contributed by atoms with E-state index in [1.807, 2.05) is 0 Å². The lowest BCUT2D eigenvalue weighted by atomic mass is 10.4. The van der Waals surface area contributed by atoms with Crippen LogP contribution in [0.3, 0.4) is 0 Å². The fraction of sp³-hybridized carbons (Fsp3) is 0.222. The zero-order valence-corrected chi connectivity index (χ0v) is 11.8. The molecule has 2 N–H and O–H groups in total. The lowest BCUT2D eigenvalue weighted by molar-refractivity contribution is 0.506. The van der Waals surface area contributed by atoms with Crippen LogP contribution in [0, 0.1) is 0 Å². The van der Waals surface area contributed by atoms with Gasteiger partial charge in [-0.2, -0.15) is 4.31 Å². The summed E-state index contributed by atoms with van der Waals surface area (Å²) in [6.07, 6.45) is 0. The Morgan fingerprint density at radius 3 is 2.69 bits per heavy atom. The van der Waals surface area contributed by atoms with Crippen LogP contribution in [0.4, 0.5) is 0 Å². The van der Waals surface area contributed by atoms with E-state index in [9.17, 15) is 8.42 Å². The van der Waals surface area contributed by atoms with E-state index in [2.05, 4.69) is 28.1 Å². The van der Waals surface area contributed by atoms with Gasteiger partial charge in [-0.25, -0.2) is 8.42 Å². The lowest BCUT2D eigenvalue weighted by Crippen LogP contribution is -2.34. The Morgan fingerprint density at radius 2 is 2.19 bits per heavy atom. The first kappa shape index (κ1) is 13.6. The number of hydrogen-bond acceptors (Lipinski definition) is 3. The first-order valence-corrected chi connectivity index (χ1v) is 6.98. The van der Waals surface area contributed by atoms with Crippen molar-refractivity contribution < 1.29 is 8.42 Å². The summed E-state index contributed by atoms with van der Waals surface area (Å²) in [6.45, 7) is 0.0319. The van der Waals surface area contributed by atoms with E-state index in [4.69, 9.17) is 5.73 Å². The summed E-state index contributed by atoms with van der Waals surface area (Å²) in [4.78, 5) is 0.349. The summed E-state index contributed by atoms with van der Waals surface area (Å²) in [7, 11) is -2.08. The molecule has 0 heterocycles. The molecule has 0 spiro atoms. The van der Waals surface area contributed by atoms with Crippen molar-refractivity contribution in [1.82, 2.24) is 4.31 Å². The number of rotatable bonds is 4. The van der Waals surface area contributed by atoms with Gasteiger partial charge in [-0.15, -0.1) is 0 Å². The summed E-state index contributed by atoms with van der Waals surface area (Å²) in [5, 5.41) is 0. The van der Waals surface area contributed by atoms with E-state index < -0.39 is 10.0 Å². The van der Waals surface area contributed by atoms with E-state index in [0.717, 1.165) is 4.31 Å². The molecule has 88 valence electrons. The molecule has 0 fully saturated rings. The topological polar surface area (TPSA) is 63.4 Å². The maximum Gasteiger partial charge on any atom is 0.243 e. The highest BCUT2D eigenvalue weighted by molar-refractivity contribution is 9.10. The zero-order chi connectivity index (χ0) is 12.3. The van der Waals surface area contributed by atoms with Gasteiger partial charge in [0.15, 0.2) is 0 Å². The van der Waals surface area contributed by atoms with Crippen LogP contribution in [0.5, 0.6) is 0 Å². The maximum absolute atomic E-state index is 12.0. The van der Waals surface area contributed by atoms with Crippen molar-refractivity contribution in [2.24, 2.45) is 5.73 Å². The molecule has 0 aliphatic rings. The molecule has 1 aromatic carbocycles. The highest BCUT2D eigenvalue weighted by Crippen LogP contribution is 2.18. The largest absolute Gasteiger partial charge is 0.392 e. The molecule has 0 aromatic heterocycles. The second-order valence-corrected chi connectivity index (χ2v) is 6.67. The minimum Gasteiger partial charge on any atom is -0.392 e. The number of nitrogens with two attached hydrogens (primary N) is 1. The van der Waals surface area contributed by atoms with Crippen molar-refractivity contribution >= 4 is 43.2 Å². The summed E-state index contributed by atoms with van der Waals surface area (Å²) in [6, 6.07) is 6.47. The fourth-order valence-electron chi connectivity index (χ4n) is 1.11. The predicted octanol–water partition coefficient (Wildman–Crippen LogP) is 1.36. The quantitative estimate of drug-likeness (QED) is 0.850. The number of sulfonamides is 1. The fourth-order valence-corrected chi connectivity index (χ4v) is 3.13. The van der Waals surface area contributed by atoms with Crippen LogP contribution in [-0.4, -0.2) is 31.3 Å². The van der Waals surface area contributed by atoms with Gasteiger partial charge in [0.25, 0.3) is 0 Å². The molecule has 1 rings (SSSR count). The smallest absolute Gasteiger partial charge is 0.243 e. The van der Waals surface area contributed by atoms with Crippen molar-refractivity contribution in [2.75, 3.05) is 13.6 Å². The SMILES string of the molecule is CN(CC(N)=S)S(=O)(=O)c1cccc(Br)c1. The molecular formula is C9H11BrN2O2S2. The van der Waals surface area contributed by atoms with Crippen molar-refractivity contribution in [3.05, 3.63) is 28.7 Å². The molecule has 0 saturated carbocycles. The van der Waals surface area contributed by atoms with E-state index in [1.54, 1.807) is 12.1 Å². The maximum atomic E-state index is 12.0. The molecular weight excluding hydrogens is 312 g/mol. The summed E-state index contributed by atoms with van der Waals surface area (Å²) < 4.78 is 25.8. The third-order valence-corrected chi connectivity index (χ3v) is 4.30. The third-order valence-electron chi connectivity index (χ3n) is 1.88. The predicted molar refractivity (Wildman–Crippen MR) is 70.7 cm³/mol. The molecule has 0 bridgehead atoms. The standard InChI is InChI=1S/C9H11BrN2O2S2/c1-12(6-9(11)15)16(13,14)8-4-2-3-7(10)5-8/h2-5H,6H2,1H3,(H2,11,15). The van der Waals surface area contributed by atoms with Crippen LogP contribution in [0.2, 0.25) is 0 Å². The highest BCUT2D eigenvalue weighted by atomic mass is 79.9. The van der Waals surface area contributed by atoms with E-state index >= 15 is 0 Å². The monoisotopic (exact) mass is 322 g/mol. The van der Waals surface area contributed by atoms with Crippen LogP contribution in [0.1, 0.15) is 0 Å². The van der Waals surface area contributed by atoms with Crippen molar-refractivity contribution in [3.8, 4) is 0 Å². The summed E-state index contributed by atoms with van der Waals surface area (Å²) in [5.74, 6) is 0.